The minimum atomic E-state index is 0.312. The van der Waals surface area contributed by atoms with Gasteiger partial charge in [0.2, 0.25) is 17.9 Å². The quantitative estimate of drug-likeness (QED) is 0.580. The van der Waals surface area contributed by atoms with Gasteiger partial charge in [-0.2, -0.15) is 9.36 Å². The van der Waals surface area contributed by atoms with Crippen LogP contribution >= 0.6 is 11.5 Å². The number of rotatable bonds is 8. The van der Waals surface area contributed by atoms with Gasteiger partial charge in [0.25, 0.3) is 0 Å². The van der Waals surface area contributed by atoms with E-state index in [0.29, 0.717) is 12.7 Å². The Labute approximate surface area is 169 Å². The summed E-state index contributed by atoms with van der Waals surface area (Å²) in [7, 11) is 2.04. The molecular weight excluding hydrogens is 376 g/mol. The Kier molecular flexibility index (Phi) is 7.21. The molecule has 0 amide bonds. The van der Waals surface area contributed by atoms with E-state index in [9.17, 15) is 0 Å². The van der Waals surface area contributed by atoms with Crippen molar-refractivity contribution in [3.8, 4) is 17.4 Å². The number of fused-ring (bicyclic) bond motifs is 1. The van der Waals surface area contributed by atoms with Gasteiger partial charge in [-0.15, -0.1) is 0 Å². The largest absolute Gasteiger partial charge is 0.454 e. The van der Waals surface area contributed by atoms with Crippen molar-refractivity contribution in [2.24, 2.45) is 0 Å². The van der Waals surface area contributed by atoms with Crippen LogP contribution in [0.3, 0.4) is 0 Å². The van der Waals surface area contributed by atoms with Crippen LogP contribution in [0.1, 0.15) is 25.8 Å². The Balaban J connectivity index is 0.00000109. The van der Waals surface area contributed by atoms with Crippen LogP contribution in [0.25, 0.3) is 5.95 Å². The smallest absolute Gasteiger partial charge is 0.248 e. The normalized spacial score (nSPS) is 11.8. The van der Waals surface area contributed by atoms with Crippen molar-refractivity contribution < 1.29 is 9.47 Å². The Hall–Kier alpha value is -2.65. The number of hydrogen-bond donors (Lipinski definition) is 1. The van der Waals surface area contributed by atoms with Gasteiger partial charge in [-0.05, 0) is 30.7 Å². The van der Waals surface area contributed by atoms with Crippen LogP contribution in [0, 0.1) is 0 Å². The van der Waals surface area contributed by atoms with Gasteiger partial charge in [-0.25, -0.2) is 4.98 Å². The molecule has 4 rings (SSSR count). The van der Waals surface area contributed by atoms with Crippen LogP contribution in [0.15, 0.2) is 36.9 Å². The predicted octanol–water partition coefficient (Wildman–Crippen LogP) is 3.09. The molecule has 8 nitrogen and oxygen atoms in total. The first kappa shape index (κ1) is 20.1. The van der Waals surface area contributed by atoms with Crippen molar-refractivity contribution in [3.05, 3.63) is 42.5 Å². The van der Waals surface area contributed by atoms with Crippen molar-refractivity contribution >= 4 is 16.7 Å². The number of benzene rings is 1. The zero-order chi connectivity index (χ0) is 19.8. The minimum Gasteiger partial charge on any atom is -0.454 e. The molecule has 1 aliphatic rings. The summed E-state index contributed by atoms with van der Waals surface area (Å²) in [5, 5.41) is 4.37. The second-order valence-electron chi connectivity index (χ2n) is 5.99. The maximum Gasteiger partial charge on any atom is 0.248 e. The second kappa shape index (κ2) is 10.0. The van der Waals surface area contributed by atoms with Gasteiger partial charge < -0.3 is 19.7 Å². The van der Waals surface area contributed by atoms with Crippen molar-refractivity contribution in [1.29, 1.82) is 0 Å². The first-order valence-corrected chi connectivity index (χ1v) is 10.2. The highest BCUT2D eigenvalue weighted by Gasteiger charge is 2.13. The maximum absolute atomic E-state index is 5.40. The summed E-state index contributed by atoms with van der Waals surface area (Å²) in [5.41, 5.74) is 1.19. The number of nitrogens with zero attached hydrogens (tertiary/aromatic N) is 5. The fraction of sp³-hybridized carbons (Fsp3) is 0.421. The highest BCUT2D eigenvalue weighted by atomic mass is 32.1. The Morgan fingerprint density at radius 2 is 2.11 bits per heavy atom. The van der Waals surface area contributed by atoms with Crippen LogP contribution in [-0.2, 0) is 6.54 Å². The summed E-state index contributed by atoms with van der Waals surface area (Å²) in [4.78, 5) is 10.7. The lowest BCUT2D eigenvalue weighted by molar-refractivity contribution is 0.174. The van der Waals surface area contributed by atoms with Gasteiger partial charge >= 0.3 is 0 Å². The van der Waals surface area contributed by atoms with E-state index in [1.807, 2.05) is 39.2 Å². The number of anilines is 1. The van der Waals surface area contributed by atoms with Crippen molar-refractivity contribution in [2.45, 2.75) is 26.8 Å². The minimum absolute atomic E-state index is 0.312. The lowest BCUT2D eigenvalue weighted by Crippen LogP contribution is -2.23. The van der Waals surface area contributed by atoms with Crippen molar-refractivity contribution in [2.75, 3.05) is 31.8 Å². The van der Waals surface area contributed by atoms with Crippen molar-refractivity contribution in [3.63, 3.8) is 0 Å². The highest BCUT2D eigenvalue weighted by Crippen LogP contribution is 2.32. The number of imidazole rings is 1. The van der Waals surface area contributed by atoms with E-state index in [0.717, 1.165) is 42.7 Å². The van der Waals surface area contributed by atoms with Gasteiger partial charge in [-0.1, -0.05) is 19.9 Å². The van der Waals surface area contributed by atoms with Crippen LogP contribution in [0.4, 0.5) is 5.13 Å². The first-order chi connectivity index (χ1) is 13.8. The summed E-state index contributed by atoms with van der Waals surface area (Å²) in [5.74, 6) is 2.31. The first-order valence-electron chi connectivity index (χ1n) is 9.42. The van der Waals surface area contributed by atoms with Crippen LogP contribution in [0.2, 0.25) is 0 Å². The lowest BCUT2D eigenvalue weighted by Gasteiger charge is -2.15. The molecule has 2 aromatic heterocycles. The van der Waals surface area contributed by atoms with E-state index >= 15 is 0 Å². The molecule has 0 spiro atoms. The molecule has 28 heavy (non-hydrogen) atoms. The molecule has 0 aliphatic carbocycles. The number of aromatic nitrogens is 4. The van der Waals surface area contributed by atoms with E-state index in [1.54, 1.807) is 17.1 Å². The van der Waals surface area contributed by atoms with Crippen LogP contribution in [-0.4, -0.2) is 45.8 Å². The summed E-state index contributed by atoms with van der Waals surface area (Å²) >= 11 is 1.40. The molecule has 0 unspecified atom stereocenters. The standard InChI is InChI=1S/C17H20N6O2S.C2H6/c1-22(17-20-16(21-26-17)23-8-6-19-11-23)7-2-5-18-10-13-3-4-14-15(9-13)25-12-24-14;1-2/h3-4,6,8-9,11,18H,2,5,7,10,12H2,1H3;1-2H3. The van der Waals surface area contributed by atoms with E-state index in [4.69, 9.17) is 9.47 Å². The Morgan fingerprint density at radius 3 is 2.93 bits per heavy atom. The molecule has 1 N–H and O–H groups in total. The number of ether oxygens (including phenoxy) is 2. The molecule has 0 saturated carbocycles. The van der Waals surface area contributed by atoms with Crippen LogP contribution < -0.4 is 19.7 Å². The third-order valence-corrected chi connectivity index (χ3v) is 4.90. The maximum atomic E-state index is 5.40. The molecule has 1 aliphatic heterocycles. The highest BCUT2D eigenvalue weighted by molar-refractivity contribution is 7.09. The third-order valence-electron chi connectivity index (χ3n) is 4.08. The average molecular weight is 403 g/mol. The van der Waals surface area contributed by atoms with Crippen molar-refractivity contribution in [1.82, 2.24) is 24.2 Å². The van der Waals surface area contributed by atoms with Gasteiger partial charge in [0.05, 0.1) is 0 Å². The Bertz CT molecular complexity index is 852. The molecule has 9 heteroatoms. The summed E-state index contributed by atoms with van der Waals surface area (Å²) in [6.45, 7) is 6.95. The molecule has 1 aromatic carbocycles. The van der Waals surface area contributed by atoms with E-state index < -0.39 is 0 Å². The lowest BCUT2D eigenvalue weighted by atomic mass is 10.2. The Morgan fingerprint density at radius 1 is 1.25 bits per heavy atom. The molecule has 0 radical (unpaired) electrons. The fourth-order valence-corrected chi connectivity index (χ4v) is 3.32. The topological polar surface area (TPSA) is 77.3 Å². The van der Waals surface area contributed by atoms with Gasteiger partial charge in [0.15, 0.2) is 11.5 Å². The van der Waals surface area contributed by atoms with E-state index in [-0.39, 0.29) is 0 Å². The average Bonchev–Trinajstić information content (AvgIpc) is 3.49. The van der Waals surface area contributed by atoms with Gasteiger partial charge in [0.1, 0.15) is 6.33 Å². The predicted molar refractivity (Wildman–Crippen MR) is 111 cm³/mol. The molecular formula is C19H26N6O2S. The SMILES string of the molecule is CC.CN(CCCNCc1ccc2c(c1)OCO2)c1nc(-n2ccnc2)ns1. The van der Waals surface area contributed by atoms with E-state index in [1.165, 1.54) is 17.1 Å². The number of nitrogens with one attached hydrogen (secondary N) is 1. The molecule has 3 heterocycles. The van der Waals surface area contributed by atoms with E-state index in [2.05, 4.69) is 30.6 Å². The van der Waals surface area contributed by atoms with Gasteiger partial charge in [-0.3, -0.25) is 4.57 Å². The summed E-state index contributed by atoms with van der Waals surface area (Å²) in [6.07, 6.45) is 6.27. The summed E-state index contributed by atoms with van der Waals surface area (Å²) in [6, 6.07) is 6.05. The monoisotopic (exact) mass is 402 g/mol. The number of hydrogen-bond acceptors (Lipinski definition) is 8. The molecule has 0 atom stereocenters. The molecule has 150 valence electrons. The summed E-state index contributed by atoms with van der Waals surface area (Å²) < 4.78 is 16.9. The fourth-order valence-electron chi connectivity index (χ4n) is 2.67. The van der Waals surface area contributed by atoms with Crippen LogP contribution in [0.5, 0.6) is 11.5 Å². The zero-order valence-electron chi connectivity index (χ0n) is 16.5. The molecule has 0 bridgehead atoms. The van der Waals surface area contributed by atoms with Gasteiger partial charge in [0, 0.05) is 44.1 Å². The second-order valence-corrected chi connectivity index (χ2v) is 6.72. The third kappa shape index (κ3) is 4.99. The molecule has 3 aromatic rings. The zero-order valence-corrected chi connectivity index (χ0v) is 17.3. The molecule has 0 fully saturated rings. The molecule has 0 saturated heterocycles.